The van der Waals surface area contributed by atoms with Crippen LogP contribution < -0.4 is 4.74 Å². The Labute approximate surface area is 175 Å². The summed E-state index contributed by atoms with van der Waals surface area (Å²) in [5, 5.41) is 0.616. The zero-order valence-corrected chi connectivity index (χ0v) is 17.9. The number of amides is 1. The molecule has 0 radical (unpaired) electrons. The first-order valence-corrected chi connectivity index (χ1v) is 10.9. The quantitative estimate of drug-likeness (QED) is 0.693. The second-order valence-electron chi connectivity index (χ2n) is 6.67. The Kier molecular flexibility index (Phi) is 6.79. The van der Waals surface area contributed by atoms with Gasteiger partial charge in [0, 0.05) is 31.7 Å². The first-order chi connectivity index (χ1) is 13.8. The smallest absolute Gasteiger partial charge is 0.257 e. The molecule has 1 amide bonds. The number of halogens is 1. The molecule has 3 rings (SSSR count). The summed E-state index contributed by atoms with van der Waals surface area (Å²) in [4.78, 5) is 14.6. The van der Waals surface area contributed by atoms with E-state index >= 15 is 0 Å². The van der Waals surface area contributed by atoms with E-state index in [-0.39, 0.29) is 29.5 Å². The largest absolute Gasteiger partial charge is 0.496 e. The van der Waals surface area contributed by atoms with Gasteiger partial charge in [-0.2, -0.15) is 4.31 Å². The highest BCUT2D eigenvalue weighted by atomic mass is 35.5. The molecular weight excluding hydrogens is 416 g/mol. The van der Waals surface area contributed by atoms with Crippen LogP contribution in [0.3, 0.4) is 0 Å². The number of carbonyl (C=O) groups excluding carboxylic acids is 1. The Balaban J connectivity index is 1.87. The van der Waals surface area contributed by atoms with Gasteiger partial charge in [-0.1, -0.05) is 23.7 Å². The molecule has 1 fully saturated rings. The lowest BCUT2D eigenvalue weighted by molar-refractivity contribution is 0.0730. The van der Waals surface area contributed by atoms with Crippen molar-refractivity contribution in [1.82, 2.24) is 9.21 Å². The normalized spacial score (nSPS) is 15.1. The molecule has 9 heteroatoms. The molecule has 1 heterocycles. The molecule has 29 heavy (non-hydrogen) atoms. The summed E-state index contributed by atoms with van der Waals surface area (Å²) in [6, 6.07) is 11.5. The Hall–Kier alpha value is -2.13. The molecule has 0 atom stereocenters. The maximum Gasteiger partial charge on any atom is 0.257 e. The van der Waals surface area contributed by atoms with Crippen LogP contribution in [-0.4, -0.2) is 64.0 Å². The van der Waals surface area contributed by atoms with Crippen molar-refractivity contribution in [2.24, 2.45) is 0 Å². The summed E-state index contributed by atoms with van der Waals surface area (Å²) in [5.41, 5.74) is 1.10. The lowest BCUT2D eigenvalue weighted by Crippen LogP contribution is -2.40. The SMILES string of the molecule is COc1ccc(S(=O)(=O)N2CCOCC2)cc1C(=O)N(C)Cc1ccc(Cl)cc1. The predicted octanol–water partition coefficient (Wildman–Crippen LogP) is 2.64. The summed E-state index contributed by atoms with van der Waals surface area (Å²) < 4.78 is 37.8. The lowest BCUT2D eigenvalue weighted by Gasteiger charge is -2.26. The minimum absolute atomic E-state index is 0.0587. The standard InChI is InChI=1S/C20H23ClN2O5S/c1-22(14-15-3-5-16(21)6-4-15)20(24)18-13-17(7-8-19(18)27-2)29(25,26)23-9-11-28-12-10-23/h3-8,13H,9-12,14H2,1-2H3. The van der Waals surface area contributed by atoms with Gasteiger partial charge in [-0.25, -0.2) is 8.42 Å². The molecule has 1 aliphatic rings. The molecule has 156 valence electrons. The van der Waals surface area contributed by atoms with Gasteiger partial charge in [-0.05, 0) is 35.9 Å². The maximum absolute atomic E-state index is 13.0. The second-order valence-corrected chi connectivity index (χ2v) is 9.04. The van der Waals surface area contributed by atoms with Crippen LogP contribution in [0.25, 0.3) is 0 Å². The van der Waals surface area contributed by atoms with Crippen LogP contribution in [0.15, 0.2) is 47.4 Å². The van der Waals surface area contributed by atoms with Crippen molar-refractivity contribution in [2.75, 3.05) is 40.5 Å². The molecule has 0 unspecified atom stereocenters. The highest BCUT2D eigenvalue weighted by molar-refractivity contribution is 7.89. The fourth-order valence-electron chi connectivity index (χ4n) is 3.09. The van der Waals surface area contributed by atoms with Gasteiger partial charge in [0.15, 0.2) is 0 Å². The second kappa shape index (κ2) is 9.13. The van der Waals surface area contributed by atoms with Gasteiger partial charge in [0.2, 0.25) is 10.0 Å². The van der Waals surface area contributed by atoms with Crippen LogP contribution in [0.5, 0.6) is 5.75 Å². The van der Waals surface area contributed by atoms with Crippen molar-refractivity contribution in [3.05, 3.63) is 58.6 Å². The molecule has 0 aliphatic carbocycles. The van der Waals surface area contributed by atoms with Crippen LogP contribution in [0.1, 0.15) is 15.9 Å². The van der Waals surface area contributed by atoms with E-state index in [4.69, 9.17) is 21.1 Å². The highest BCUT2D eigenvalue weighted by Crippen LogP contribution is 2.26. The fourth-order valence-corrected chi connectivity index (χ4v) is 4.65. The fraction of sp³-hybridized carbons (Fsp3) is 0.350. The van der Waals surface area contributed by atoms with Gasteiger partial charge < -0.3 is 14.4 Å². The number of benzene rings is 2. The minimum atomic E-state index is -3.72. The molecule has 0 saturated carbocycles. The number of hydrogen-bond acceptors (Lipinski definition) is 5. The van der Waals surface area contributed by atoms with E-state index in [0.717, 1.165) is 5.56 Å². The van der Waals surface area contributed by atoms with Crippen molar-refractivity contribution in [1.29, 1.82) is 0 Å². The Morgan fingerprint density at radius 2 is 1.83 bits per heavy atom. The van der Waals surface area contributed by atoms with Crippen molar-refractivity contribution >= 4 is 27.5 Å². The van der Waals surface area contributed by atoms with Gasteiger partial charge in [0.05, 0.1) is 30.8 Å². The number of hydrogen-bond donors (Lipinski definition) is 0. The molecule has 2 aromatic carbocycles. The highest BCUT2D eigenvalue weighted by Gasteiger charge is 2.28. The van der Waals surface area contributed by atoms with Crippen molar-refractivity contribution < 1.29 is 22.7 Å². The molecule has 1 aliphatic heterocycles. The van der Waals surface area contributed by atoms with E-state index in [9.17, 15) is 13.2 Å². The number of carbonyl (C=O) groups is 1. The molecule has 7 nitrogen and oxygen atoms in total. The summed E-state index contributed by atoms with van der Waals surface area (Å²) in [5.74, 6) is -0.0188. The molecule has 0 N–H and O–H groups in total. The van der Waals surface area contributed by atoms with Gasteiger partial charge >= 0.3 is 0 Å². The van der Waals surface area contributed by atoms with E-state index in [1.807, 2.05) is 12.1 Å². The third-order valence-electron chi connectivity index (χ3n) is 4.69. The van der Waals surface area contributed by atoms with Gasteiger partial charge in [0.1, 0.15) is 5.75 Å². The van der Waals surface area contributed by atoms with Crippen molar-refractivity contribution in [2.45, 2.75) is 11.4 Å². The van der Waals surface area contributed by atoms with Crippen LogP contribution in [0.4, 0.5) is 0 Å². The van der Waals surface area contributed by atoms with E-state index in [1.54, 1.807) is 19.2 Å². The Morgan fingerprint density at radius 3 is 2.45 bits per heavy atom. The minimum Gasteiger partial charge on any atom is -0.496 e. The number of morpholine rings is 1. The monoisotopic (exact) mass is 438 g/mol. The summed E-state index contributed by atoms with van der Waals surface area (Å²) in [6.45, 7) is 1.62. The number of rotatable bonds is 6. The zero-order valence-electron chi connectivity index (χ0n) is 16.3. The molecule has 2 aromatic rings. The summed E-state index contributed by atoms with van der Waals surface area (Å²) in [6.07, 6.45) is 0. The number of ether oxygens (including phenoxy) is 2. The number of sulfonamides is 1. The summed E-state index contributed by atoms with van der Waals surface area (Å²) >= 11 is 5.90. The summed E-state index contributed by atoms with van der Waals surface area (Å²) in [7, 11) is -0.622. The average Bonchev–Trinajstić information content (AvgIpc) is 2.74. The average molecular weight is 439 g/mol. The predicted molar refractivity (Wildman–Crippen MR) is 110 cm³/mol. The van der Waals surface area contributed by atoms with E-state index in [0.29, 0.717) is 30.5 Å². The third-order valence-corrected chi connectivity index (χ3v) is 6.84. The number of nitrogens with zero attached hydrogens (tertiary/aromatic N) is 2. The van der Waals surface area contributed by atoms with Gasteiger partial charge in [-0.15, -0.1) is 0 Å². The maximum atomic E-state index is 13.0. The molecule has 1 saturated heterocycles. The van der Waals surface area contributed by atoms with Gasteiger partial charge in [0.25, 0.3) is 5.91 Å². The van der Waals surface area contributed by atoms with E-state index in [2.05, 4.69) is 0 Å². The van der Waals surface area contributed by atoms with Crippen LogP contribution in [0.2, 0.25) is 5.02 Å². The topological polar surface area (TPSA) is 76.1 Å². The van der Waals surface area contributed by atoms with Crippen molar-refractivity contribution in [3.8, 4) is 5.75 Å². The van der Waals surface area contributed by atoms with Crippen molar-refractivity contribution in [3.63, 3.8) is 0 Å². The molecule has 0 aromatic heterocycles. The van der Waals surface area contributed by atoms with E-state index < -0.39 is 10.0 Å². The first-order valence-electron chi connectivity index (χ1n) is 9.09. The molecule has 0 spiro atoms. The van der Waals surface area contributed by atoms with Crippen LogP contribution in [0, 0.1) is 0 Å². The molecular formula is C20H23ClN2O5S. The van der Waals surface area contributed by atoms with Gasteiger partial charge in [-0.3, -0.25) is 4.79 Å². The lowest BCUT2D eigenvalue weighted by atomic mass is 10.1. The third kappa shape index (κ3) is 4.90. The number of methoxy groups -OCH3 is 1. The Bertz CT molecular complexity index is 973. The molecule has 0 bridgehead atoms. The zero-order chi connectivity index (χ0) is 21.0. The first kappa shape index (κ1) is 21.6. The van der Waals surface area contributed by atoms with E-state index in [1.165, 1.54) is 34.5 Å². The Morgan fingerprint density at radius 1 is 1.17 bits per heavy atom. The van der Waals surface area contributed by atoms with Crippen LogP contribution in [-0.2, 0) is 21.3 Å². The van der Waals surface area contributed by atoms with Crippen LogP contribution >= 0.6 is 11.6 Å².